The molecule has 4 rings (SSSR count). The van der Waals surface area contributed by atoms with Gasteiger partial charge in [-0.15, -0.1) is 0 Å². The van der Waals surface area contributed by atoms with E-state index in [9.17, 15) is 23.2 Å². The Morgan fingerprint density at radius 3 is 2.46 bits per heavy atom. The van der Waals surface area contributed by atoms with Crippen LogP contribution in [0.25, 0.3) is 0 Å². The topological polar surface area (TPSA) is 90.9 Å². The molecule has 0 fully saturated rings. The predicted molar refractivity (Wildman–Crippen MR) is 135 cm³/mol. The van der Waals surface area contributed by atoms with E-state index in [4.69, 9.17) is 4.99 Å². The number of carbonyl (C=O) groups excluding carboxylic acids is 3. The van der Waals surface area contributed by atoms with Gasteiger partial charge in [0.2, 0.25) is 18.0 Å². The van der Waals surface area contributed by atoms with Crippen molar-refractivity contribution in [3.8, 4) is 0 Å². The van der Waals surface area contributed by atoms with Crippen molar-refractivity contribution in [2.45, 2.75) is 32.5 Å². The molecule has 0 aromatic heterocycles. The molecule has 4 atom stereocenters. The molecule has 2 N–H and O–H groups in total. The smallest absolute Gasteiger partial charge is 0.271 e. The standard InChI is InChI=1S/C28H28F2N4O3/c1-16-8-7-11-22-24(16)25(19-9-5-4-6-10-19)32-26(28(37)34(22)3)33-27(36)17(2)31-23(35)14-18-12-20(29)15-21(30)13-18/h4-13,15-17,24,26H,14H2,1-3H3,(H,31,35)(H,33,36)/t16?,17?,24?,26-/m1/s1. The van der Waals surface area contributed by atoms with Crippen molar-refractivity contribution in [1.29, 1.82) is 0 Å². The number of rotatable bonds is 6. The van der Waals surface area contributed by atoms with Crippen molar-refractivity contribution in [3.63, 3.8) is 0 Å². The lowest BCUT2D eigenvalue weighted by atomic mass is 9.80. The summed E-state index contributed by atoms with van der Waals surface area (Å²) < 4.78 is 26.9. The monoisotopic (exact) mass is 506 g/mol. The second-order valence-corrected chi connectivity index (χ2v) is 9.25. The summed E-state index contributed by atoms with van der Waals surface area (Å²) in [6, 6.07) is 11.3. The first-order valence-electron chi connectivity index (χ1n) is 12.0. The van der Waals surface area contributed by atoms with Crippen molar-refractivity contribution in [1.82, 2.24) is 15.5 Å². The number of aliphatic imine (C=N–C) groups is 1. The SMILES string of the molecule is CC(NC(=O)Cc1cc(F)cc(F)c1)C(=O)N[C@H]1N=C(c2ccccc2)C2C(=CC=CC2C)N(C)C1=O. The third-order valence-electron chi connectivity index (χ3n) is 6.45. The van der Waals surface area contributed by atoms with Gasteiger partial charge in [-0.2, -0.15) is 0 Å². The van der Waals surface area contributed by atoms with Crippen LogP contribution in [0.1, 0.15) is 25.0 Å². The maximum absolute atomic E-state index is 13.4. The van der Waals surface area contributed by atoms with Crippen LogP contribution in [0, 0.1) is 23.5 Å². The van der Waals surface area contributed by atoms with Gasteiger partial charge in [-0.05, 0) is 42.2 Å². The summed E-state index contributed by atoms with van der Waals surface area (Å²) in [5, 5.41) is 5.16. The number of nitrogens with one attached hydrogen (secondary N) is 2. The second kappa shape index (κ2) is 10.9. The van der Waals surface area contributed by atoms with Crippen molar-refractivity contribution in [2.24, 2.45) is 16.8 Å². The quantitative estimate of drug-likeness (QED) is 0.631. The van der Waals surface area contributed by atoms with Crippen molar-refractivity contribution < 1.29 is 23.2 Å². The number of halogens is 2. The normalized spacial score (nSPS) is 21.8. The van der Waals surface area contributed by atoms with Gasteiger partial charge in [-0.25, -0.2) is 8.78 Å². The van der Waals surface area contributed by atoms with Crippen LogP contribution in [-0.2, 0) is 20.8 Å². The molecular formula is C28H28F2N4O3. The molecule has 0 spiro atoms. The molecule has 0 bridgehead atoms. The van der Waals surface area contributed by atoms with Crippen LogP contribution in [0.5, 0.6) is 0 Å². The first-order valence-corrected chi connectivity index (χ1v) is 12.0. The van der Waals surface area contributed by atoms with Crippen LogP contribution in [0.15, 0.2) is 77.4 Å². The summed E-state index contributed by atoms with van der Waals surface area (Å²) in [5.41, 5.74) is 2.44. The molecule has 0 saturated heterocycles. The van der Waals surface area contributed by atoms with E-state index in [-0.39, 0.29) is 23.8 Å². The van der Waals surface area contributed by atoms with E-state index in [1.165, 1.54) is 11.8 Å². The number of hydrogen-bond acceptors (Lipinski definition) is 4. The van der Waals surface area contributed by atoms with E-state index < -0.39 is 41.6 Å². The zero-order valence-electron chi connectivity index (χ0n) is 20.7. The Morgan fingerprint density at radius 2 is 1.78 bits per heavy atom. The minimum absolute atomic E-state index is 0.0644. The summed E-state index contributed by atoms with van der Waals surface area (Å²) >= 11 is 0. The van der Waals surface area contributed by atoms with Gasteiger partial charge in [0.05, 0.1) is 12.1 Å². The fraction of sp³-hybridized carbons (Fsp3) is 0.286. The van der Waals surface area contributed by atoms with Gasteiger partial charge < -0.3 is 15.5 Å². The van der Waals surface area contributed by atoms with E-state index in [0.29, 0.717) is 11.8 Å². The van der Waals surface area contributed by atoms with Crippen molar-refractivity contribution in [2.75, 3.05) is 7.05 Å². The lowest BCUT2D eigenvalue weighted by Gasteiger charge is -2.31. The molecule has 7 nitrogen and oxygen atoms in total. The van der Waals surface area contributed by atoms with Crippen LogP contribution in [-0.4, -0.2) is 47.6 Å². The molecule has 1 aliphatic carbocycles. The van der Waals surface area contributed by atoms with E-state index in [0.717, 1.165) is 23.4 Å². The highest BCUT2D eigenvalue weighted by atomic mass is 19.1. The Bertz CT molecular complexity index is 1290. The molecular weight excluding hydrogens is 478 g/mol. The predicted octanol–water partition coefficient (Wildman–Crippen LogP) is 3.12. The highest BCUT2D eigenvalue weighted by Crippen LogP contribution is 2.34. The van der Waals surface area contributed by atoms with Crippen LogP contribution in [0.2, 0.25) is 0 Å². The fourth-order valence-electron chi connectivity index (χ4n) is 4.58. The highest BCUT2D eigenvalue weighted by molar-refractivity contribution is 6.07. The van der Waals surface area contributed by atoms with E-state index >= 15 is 0 Å². The summed E-state index contributed by atoms with van der Waals surface area (Å²) in [6.07, 6.45) is 4.32. The van der Waals surface area contributed by atoms with Gasteiger partial charge in [0.1, 0.15) is 17.7 Å². The second-order valence-electron chi connectivity index (χ2n) is 9.25. The largest absolute Gasteiger partial charge is 0.344 e. The van der Waals surface area contributed by atoms with Gasteiger partial charge in [-0.1, -0.05) is 49.4 Å². The number of allylic oxidation sites excluding steroid dienone is 4. The summed E-state index contributed by atoms with van der Waals surface area (Å²) in [5.74, 6) is -3.34. The molecule has 2 aromatic carbocycles. The highest BCUT2D eigenvalue weighted by Gasteiger charge is 2.39. The Balaban J connectivity index is 1.54. The molecule has 2 aliphatic rings. The Hall–Kier alpha value is -4.14. The molecule has 3 unspecified atom stereocenters. The Labute approximate surface area is 214 Å². The molecule has 37 heavy (non-hydrogen) atoms. The van der Waals surface area contributed by atoms with Crippen LogP contribution < -0.4 is 10.6 Å². The van der Waals surface area contributed by atoms with Gasteiger partial charge >= 0.3 is 0 Å². The first-order chi connectivity index (χ1) is 17.6. The molecule has 192 valence electrons. The summed E-state index contributed by atoms with van der Waals surface area (Å²) in [6.45, 7) is 3.51. The van der Waals surface area contributed by atoms with Crippen LogP contribution in [0.4, 0.5) is 8.78 Å². The van der Waals surface area contributed by atoms with Crippen molar-refractivity contribution >= 4 is 23.4 Å². The van der Waals surface area contributed by atoms with Gasteiger partial charge in [0.15, 0.2) is 0 Å². The maximum atomic E-state index is 13.4. The van der Waals surface area contributed by atoms with E-state index in [1.54, 1.807) is 7.05 Å². The zero-order valence-corrected chi connectivity index (χ0v) is 20.7. The maximum Gasteiger partial charge on any atom is 0.271 e. The molecule has 1 heterocycles. The van der Waals surface area contributed by atoms with Crippen molar-refractivity contribution in [3.05, 3.63) is 95.2 Å². The zero-order chi connectivity index (χ0) is 26.7. The van der Waals surface area contributed by atoms with Crippen LogP contribution in [0.3, 0.4) is 0 Å². The van der Waals surface area contributed by atoms with E-state index in [1.807, 2.05) is 55.5 Å². The first kappa shape index (κ1) is 25.9. The summed E-state index contributed by atoms with van der Waals surface area (Å²) in [4.78, 5) is 45.0. The number of amides is 3. The lowest BCUT2D eigenvalue weighted by Crippen LogP contribution is -2.52. The number of nitrogens with zero attached hydrogens (tertiary/aromatic N) is 2. The minimum Gasteiger partial charge on any atom is -0.344 e. The number of hydrogen-bond donors (Lipinski definition) is 2. The molecule has 0 saturated carbocycles. The fourth-order valence-corrected chi connectivity index (χ4v) is 4.58. The molecule has 9 heteroatoms. The van der Waals surface area contributed by atoms with Gasteiger partial charge in [0.25, 0.3) is 5.91 Å². The lowest BCUT2D eigenvalue weighted by molar-refractivity contribution is -0.134. The van der Waals surface area contributed by atoms with Crippen LogP contribution >= 0.6 is 0 Å². The molecule has 3 amide bonds. The average molecular weight is 507 g/mol. The van der Waals surface area contributed by atoms with E-state index in [2.05, 4.69) is 10.6 Å². The molecule has 1 aliphatic heterocycles. The Kier molecular flexibility index (Phi) is 7.61. The number of benzene rings is 2. The van der Waals surface area contributed by atoms with Gasteiger partial charge in [-0.3, -0.25) is 19.4 Å². The molecule has 0 radical (unpaired) electrons. The average Bonchev–Trinajstić information content (AvgIpc) is 2.95. The Morgan fingerprint density at radius 1 is 1.11 bits per heavy atom. The van der Waals surface area contributed by atoms with Gasteiger partial charge in [0, 0.05) is 24.7 Å². The number of fused-ring (bicyclic) bond motifs is 1. The third kappa shape index (κ3) is 5.82. The summed E-state index contributed by atoms with van der Waals surface area (Å²) in [7, 11) is 1.65. The third-order valence-corrected chi connectivity index (χ3v) is 6.45. The number of likely N-dealkylation sites (N-methyl/N-ethyl adjacent to an activating group) is 1. The minimum atomic E-state index is -1.21. The molecule has 2 aromatic rings. The number of carbonyl (C=O) groups is 3.